The highest BCUT2D eigenvalue weighted by Crippen LogP contribution is 2.17. The first-order valence-electron chi connectivity index (χ1n) is 7.74. The molecular weight excluding hydrogens is 252 g/mol. The summed E-state index contributed by atoms with van der Waals surface area (Å²) in [6, 6.07) is 0. The van der Waals surface area contributed by atoms with Gasteiger partial charge in [-0.1, -0.05) is 39.3 Å². The van der Waals surface area contributed by atoms with Crippen LogP contribution < -0.4 is 5.73 Å². The molecule has 1 rings (SSSR count). The monoisotopic (exact) mass is 282 g/mol. The van der Waals surface area contributed by atoms with Crippen molar-refractivity contribution in [2.75, 3.05) is 19.6 Å². The molecule has 1 aromatic rings. The number of nitrogens with two attached hydrogens (primary N) is 1. The molecule has 0 saturated carbocycles. The maximum atomic E-state index is 5.83. The van der Waals surface area contributed by atoms with E-state index in [0.29, 0.717) is 6.54 Å². The van der Waals surface area contributed by atoms with Gasteiger partial charge < -0.3 is 10.3 Å². The van der Waals surface area contributed by atoms with Crippen LogP contribution in [0, 0.1) is 5.41 Å². The van der Waals surface area contributed by atoms with Crippen molar-refractivity contribution in [3.63, 3.8) is 0 Å². The molecule has 0 aliphatic heterocycles. The van der Waals surface area contributed by atoms with Crippen LogP contribution in [0.5, 0.6) is 0 Å². The highest BCUT2D eigenvalue weighted by Gasteiger charge is 2.21. The van der Waals surface area contributed by atoms with Gasteiger partial charge in [-0.25, -0.2) is 0 Å². The third-order valence-corrected chi connectivity index (χ3v) is 3.37. The minimum Gasteiger partial charge on any atom is -0.338 e. The molecule has 0 saturated heterocycles. The van der Waals surface area contributed by atoms with Crippen LogP contribution in [0.1, 0.15) is 58.7 Å². The lowest BCUT2D eigenvalue weighted by Gasteiger charge is -2.30. The van der Waals surface area contributed by atoms with Crippen LogP contribution in [0.3, 0.4) is 0 Å². The average Bonchev–Trinajstić information content (AvgIpc) is 2.84. The zero-order chi connectivity index (χ0) is 15.0. The van der Waals surface area contributed by atoms with E-state index in [-0.39, 0.29) is 5.41 Å². The predicted molar refractivity (Wildman–Crippen MR) is 81.3 cm³/mol. The Bertz CT molecular complexity index is 376. The fourth-order valence-corrected chi connectivity index (χ4v) is 2.18. The van der Waals surface area contributed by atoms with E-state index in [4.69, 9.17) is 10.3 Å². The highest BCUT2D eigenvalue weighted by atomic mass is 16.5. The normalized spacial score (nSPS) is 12.3. The van der Waals surface area contributed by atoms with Gasteiger partial charge >= 0.3 is 0 Å². The van der Waals surface area contributed by atoms with Crippen LogP contribution in [0.15, 0.2) is 4.52 Å². The van der Waals surface area contributed by atoms with Crippen LogP contribution >= 0.6 is 0 Å². The zero-order valence-corrected chi connectivity index (χ0v) is 13.5. The molecule has 0 aliphatic carbocycles. The first-order chi connectivity index (χ1) is 9.50. The van der Waals surface area contributed by atoms with Gasteiger partial charge in [0.2, 0.25) is 5.89 Å². The van der Waals surface area contributed by atoms with Crippen LogP contribution in [0.25, 0.3) is 0 Å². The van der Waals surface area contributed by atoms with E-state index in [2.05, 4.69) is 42.7 Å². The summed E-state index contributed by atoms with van der Waals surface area (Å²) >= 11 is 0. The van der Waals surface area contributed by atoms with Gasteiger partial charge in [0.25, 0.3) is 0 Å². The summed E-state index contributed by atoms with van der Waals surface area (Å²) in [5.74, 6) is 1.55. The summed E-state index contributed by atoms with van der Waals surface area (Å²) in [6.07, 6.45) is 4.27. The fourth-order valence-electron chi connectivity index (χ4n) is 2.18. The van der Waals surface area contributed by atoms with Crippen LogP contribution in [0.4, 0.5) is 0 Å². The minimum atomic E-state index is 0.111. The van der Waals surface area contributed by atoms with Crippen LogP contribution in [-0.2, 0) is 13.0 Å². The van der Waals surface area contributed by atoms with E-state index in [0.717, 1.165) is 57.0 Å². The Balaban J connectivity index is 2.58. The van der Waals surface area contributed by atoms with Crippen molar-refractivity contribution in [2.45, 2.75) is 59.9 Å². The molecule has 20 heavy (non-hydrogen) atoms. The van der Waals surface area contributed by atoms with E-state index in [1.54, 1.807) is 0 Å². The Morgan fingerprint density at radius 1 is 1.25 bits per heavy atom. The SMILES string of the molecule is CCCCc1noc(CN(CCC)CC(C)(C)CN)n1. The number of unbranched alkanes of at least 4 members (excludes halogenated alkanes) is 1. The lowest BCUT2D eigenvalue weighted by molar-refractivity contribution is 0.158. The van der Waals surface area contributed by atoms with Gasteiger partial charge in [-0.3, -0.25) is 4.90 Å². The summed E-state index contributed by atoms with van der Waals surface area (Å²) < 4.78 is 5.35. The summed E-state index contributed by atoms with van der Waals surface area (Å²) in [5.41, 5.74) is 5.94. The third-order valence-electron chi connectivity index (χ3n) is 3.37. The number of hydrogen-bond acceptors (Lipinski definition) is 5. The second-order valence-electron chi connectivity index (χ2n) is 6.29. The Kier molecular flexibility index (Phi) is 7.16. The Labute approximate surface area is 122 Å². The highest BCUT2D eigenvalue weighted by molar-refractivity contribution is 4.87. The quantitative estimate of drug-likeness (QED) is 0.714. The molecule has 0 atom stereocenters. The maximum Gasteiger partial charge on any atom is 0.240 e. The van der Waals surface area contributed by atoms with Crippen molar-refractivity contribution < 1.29 is 4.52 Å². The van der Waals surface area contributed by atoms with Crippen molar-refractivity contribution >= 4 is 0 Å². The molecule has 0 unspecified atom stereocenters. The van der Waals surface area contributed by atoms with E-state index in [1.165, 1.54) is 0 Å². The first kappa shape index (κ1) is 17.1. The summed E-state index contributed by atoms with van der Waals surface area (Å²) in [5, 5.41) is 4.05. The average molecular weight is 282 g/mol. The Morgan fingerprint density at radius 3 is 2.60 bits per heavy atom. The molecule has 2 N–H and O–H groups in total. The van der Waals surface area contributed by atoms with Gasteiger partial charge in [0.1, 0.15) is 0 Å². The first-order valence-corrected chi connectivity index (χ1v) is 7.74. The molecule has 1 aromatic heterocycles. The molecule has 0 bridgehead atoms. The third kappa shape index (κ3) is 6.01. The number of rotatable bonds is 10. The predicted octanol–water partition coefficient (Wildman–Crippen LogP) is 2.61. The van der Waals surface area contributed by atoms with Gasteiger partial charge in [-0.15, -0.1) is 0 Å². The lowest BCUT2D eigenvalue weighted by Crippen LogP contribution is -2.38. The minimum absolute atomic E-state index is 0.111. The smallest absolute Gasteiger partial charge is 0.240 e. The molecule has 116 valence electrons. The van der Waals surface area contributed by atoms with Crippen molar-refractivity contribution in [1.29, 1.82) is 0 Å². The topological polar surface area (TPSA) is 68.2 Å². The second-order valence-corrected chi connectivity index (χ2v) is 6.29. The number of aromatic nitrogens is 2. The lowest BCUT2D eigenvalue weighted by atomic mass is 9.93. The number of aryl methyl sites for hydroxylation is 1. The van der Waals surface area contributed by atoms with Crippen molar-refractivity contribution in [2.24, 2.45) is 11.1 Å². The molecule has 0 aliphatic rings. The number of hydrogen-bond donors (Lipinski definition) is 1. The molecule has 0 spiro atoms. The van der Waals surface area contributed by atoms with Crippen molar-refractivity contribution in [3.05, 3.63) is 11.7 Å². The van der Waals surface area contributed by atoms with Gasteiger partial charge in [0, 0.05) is 13.0 Å². The molecule has 0 fully saturated rings. The van der Waals surface area contributed by atoms with E-state index < -0.39 is 0 Å². The van der Waals surface area contributed by atoms with E-state index in [9.17, 15) is 0 Å². The van der Waals surface area contributed by atoms with Gasteiger partial charge in [-0.05, 0) is 31.3 Å². The zero-order valence-electron chi connectivity index (χ0n) is 13.5. The van der Waals surface area contributed by atoms with Crippen molar-refractivity contribution in [1.82, 2.24) is 15.0 Å². The maximum absolute atomic E-state index is 5.83. The molecular formula is C15H30N4O. The Morgan fingerprint density at radius 2 is 2.00 bits per heavy atom. The van der Waals surface area contributed by atoms with Crippen molar-refractivity contribution in [3.8, 4) is 0 Å². The van der Waals surface area contributed by atoms with Gasteiger partial charge in [-0.2, -0.15) is 4.98 Å². The number of nitrogens with zero attached hydrogens (tertiary/aromatic N) is 3. The molecule has 5 heteroatoms. The van der Waals surface area contributed by atoms with Crippen LogP contribution in [-0.4, -0.2) is 34.7 Å². The largest absolute Gasteiger partial charge is 0.338 e. The second kappa shape index (κ2) is 8.37. The summed E-state index contributed by atoms with van der Waals surface area (Å²) in [6.45, 7) is 12.1. The van der Waals surface area contributed by atoms with Crippen LogP contribution in [0.2, 0.25) is 0 Å². The standard InChI is InChI=1S/C15H30N4O/c1-5-7-8-13-17-14(20-18-13)10-19(9-6-2)12-15(3,4)11-16/h5-12,16H2,1-4H3. The molecule has 0 radical (unpaired) electrons. The van der Waals surface area contributed by atoms with E-state index >= 15 is 0 Å². The molecule has 0 amide bonds. The molecule has 5 nitrogen and oxygen atoms in total. The summed E-state index contributed by atoms with van der Waals surface area (Å²) in [4.78, 5) is 6.83. The van der Waals surface area contributed by atoms with Gasteiger partial charge in [0.15, 0.2) is 5.82 Å². The van der Waals surface area contributed by atoms with Gasteiger partial charge in [0.05, 0.1) is 6.54 Å². The summed E-state index contributed by atoms with van der Waals surface area (Å²) in [7, 11) is 0. The Hall–Kier alpha value is -0.940. The van der Waals surface area contributed by atoms with E-state index in [1.807, 2.05) is 0 Å². The fraction of sp³-hybridized carbons (Fsp3) is 0.867. The molecule has 1 heterocycles. The molecule has 0 aromatic carbocycles.